The maximum atomic E-state index is 13.8. The normalized spacial score (nSPS) is 10.8. The molecule has 0 bridgehead atoms. The fourth-order valence-corrected chi connectivity index (χ4v) is 3.93. The van der Waals surface area contributed by atoms with Crippen LogP contribution in [0.4, 0.5) is 5.13 Å². The van der Waals surface area contributed by atoms with Crippen LogP contribution in [-0.4, -0.2) is 10.9 Å². The number of amides is 1. The molecule has 0 N–H and O–H groups in total. The van der Waals surface area contributed by atoms with Gasteiger partial charge in [0, 0.05) is 11.6 Å². The van der Waals surface area contributed by atoms with Crippen molar-refractivity contribution in [2.75, 3.05) is 4.90 Å². The average Bonchev–Trinajstić information content (AvgIpc) is 3.29. The van der Waals surface area contributed by atoms with E-state index in [9.17, 15) is 4.79 Å². The Morgan fingerprint density at radius 2 is 1.36 bits per heavy atom. The molecule has 0 saturated heterocycles. The Hall–Kier alpha value is -3.24. The van der Waals surface area contributed by atoms with Crippen molar-refractivity contribution in [2.45, 2.75) is 12.5 Å². The summed E-state index contributed by atoms with van der Waals surface area (Å²) in [5.41, 5.74) is 3.03. The second-order valence-corrected chi connectivity index (χ2v) is 7.35. The van der Waals surface area contributed by atoms with Gasteiger partial charge in [0.15, 0.2) is 5.13 Å². The van der Waals surface area contributed by atoms with E-state index in [1.54, 1.807) is 11.1 Å². The molecular formula is C24H20N2OS. The number of thiazole rings is 1. The number of hydrogen-bond donors (Lipinski definition) is 0. The molecule has 0 aliphatic carbocycles. The molecule has 0 saturated carbocycles. The number of aromatic nitrogens is 1. The number of rotatable bonds is 6. The Bertz CT molecular complexity index is 963. The summed E-state index contributed by atoms with van der Waals surface area (Å²) in [6.07, 6.45) is 1.74. The summed E-state index contributed by atoms with van der Waals surface area (Å²) in [4.78, 5) is 20.1. The van der Waals surface area contributed by atoms with Gasteiger partial charge in [0.1, 0.15) is 0 Å². The number of carbonyl (C=O) groups is 1. The molecule has 4 heteroatoms. The van der Waals surface area contributed by atoms with E-state index >= 15 is 0 Å². The number of anilines is 1. The van der Waals surface area contributed by atoms with Crippen LogP contribution >= 0.6 is 11.3 Å². The molecule has 1 heterocycles. The number of hydrogen-bond acceptors (Lipinski definition) is 3. The van der Waals surface area contributed by atoms with E-state index in [0.717, 1.165) is 16.7 Å². The maximum Gasteiger partial charge on any atom is 0.241 e. The van der Waals surface area contributed by atoms with Crippen molar-refractivity contribution in [3.8, 4) is 0 Å². The van der Waals surface area contributed by atoms with Crippen LogP contribution in [0.2, 0.25) is 0 Å². The largest absolute Gasteiger partial charge is 0.283 e. The van der Waals surface area contributed by atoms with Crippen LogP contribution in [0.3, 0.4) is 0 Å². The third kappa shape index (κ3) is 4.02. The highest BCUT2D eigenvalue weighted by Gasteiger charge is 2.29. The highest BCUT2D eigenvalue weighted by Crippen LogP contribution is 2.31. The predicted molar refractivity (Wildman–Crippen MR) is 114 cm³/mol. The zero-order valence-electron chi connectivity index (χ0n) is 15.3. The molecule has 0 atom stereocenters. The molecule has 0 aliphatic heterocycles. The molecule has 0 spiro atoms. The van der Waals surface area contributed by atoms with Crippen molar-refractivity contribution in [1.29, 1.82) is 0 Å². The standard InChI is InChI=1S/C24H20N2OS/c27-23(22(20-12-6-2-7-13-20)21-14-8-3-9-15-21)26(24-25-16-17-28-24)18-19-10-4-1-5-11-19/h1-17,22H,18H2. The molecule has 4 rings (SSSR count). The van der Waals surface area contributed by atoms with Crippen molar-refractivity contribution in [2.24, 2.45) is 0 Å². The Labute approximate surface area is 168 Å². The fourth-order valence-electron chi connectivity index (χ4n) is 3.28. The maximum absolute atomic E-state index is 13.8. The van der Waals surface area contributed by atoms with Gasteiger partial charge in [0.05, 0.1) is 12.5 Å². The lowest BCUT2D eigenvalue weighted by atomic mass is 9.90. The number of benzene rings is 3. The van der Waals surface area contributed by atoms with Crippen LogP contribution in [0.5, 0.6) is 0 Å². The van der Waals surface area contributed by atoms with E-state index in [1.807, 2.05) is 96.4 Å². The van der Waals surface area contributed by atoms with E-state index < -0.39 is 0 Å². The van der Waals surface area contributed by atoms with Gasteiger partial charge in [-0.2, -0.15) is 0 Å². The van der Waals surface area contributed by atoms with E-state index in [4.69, 9.17) is 0 Å². The highest BCUT2D eigenvalue weighted by molar-refractivity contribution is 7.13. The van der Waals surface area contributed by atoms with Gasteiger partial charge in [-0.15, -0.1) is 11.3 Å². The second kappa shape index (κ2) is 8.63. The molecule has 138 valence electrons. The van der Waals surface area contributed by atoms with Crippen LogP contribution in [0.1, 0.15) is 22.6 Å². The van der Waals surface area contributed by atoms with Crippen molar-refractivity contribution in [3.63, 3.8) is 0 Å². The van der Waals surface area contributed by atoms with Crippen molar-refractivity contribution in [3.05, 3.63) is 119 Å². The van der Waals surface area contributed by atoms with Gasteiger partial charge in [0.2, 0.25) is 5.91 Å². The van der Waals surface area contributed by atoms with Gasteiger partial charge in [-0.05, 0) is 16.7 Å². The Kier molecular flexibility index (Phi) is 5.59. The molecule has 0 radical (unpaired) electrons. The molecule has 28 heavy (non-hydrogen) atoms. The van der Waals surface area contributed by atoms with E-state index in [1.165, 1.54) is 11.3 Å². The predicted octanol–water partition coefficient (Wildman–Crippen LogP) is 5.51. The lowest BCUT2D eigenvalue weighted by molar-refractivity contribution is -0.119. The lowest BCUT2D eigenvalue weighted by Gasteiger charge is -2.26. The van der Waals surface area contributed by atoms with Crippen LogP contribution in [0.25, 0.3) is 0 Å². The Morgan fingerprint density at radius 3 is 1.86 bits per heavy atom. The smallest absolute Gasteiger partial charge is 0.241 e. The lowest BCUT2D eigenvalue weighted by Crippen LogP contribution is -2.35. The summed E-state index contributed by atoms with van der Waals surface area (Å²) in [7, 11) is 0. The third-order valence-corrected chi connectivity index (χ3v) is 5.41. The second-order valence-electron chi connectivity index (χ2n) is 6.48. The van der Waals surface area contributed by atoms with Crippen molar-refractivity contribution in [1.82, 2.24) is 4.98 Å². The average molecular weight is 385 g/mol. The highest BCUT2D eigenvalue weighted by atomic mass is 32.1. The number of carbonyl (C=O) groups excluding carboxylic acids is 1. The van der Waals surface area contributed by atoms with E-state index in [0.29, 0.717) is 11.7 Å². The third-order valence-electron chi connectivity index (χ3n) is 4.61. The van der Waals surface area contributed by atoms with Crippen LogP contribution in [-0.2, 0) is 11.3 Å². The minimum atomic E-state index is -0.380. The molecule has 0 aliphatic rings. The van der Waals surface area contributed by atoms with Crippen LogP contribution < -0.4 is 4.90 Å². The first-order valence-electron chi connectivity index (χ1n) is 9.17. The topological polar surface area (TPSA) is 33.2 Å². The quantitative estimate of drug-likeness (QED) is 0.439. The molecule has 3 aromatic carbocycles. The first kappa shape index (κ1) is 18.1. The minimum Gasteiger partial charge on any atom is -0.283 e. The molecule has 1 amide bonds. The first-order chi connectivity index (χ1) is 13.8. The Balaban J connectivity index is 1.76. The summed E-state index contributed by atoms with van der Waals surface area (Å²) < 4.78 is 0. The Morgan fingerprint density at radius 1 is 0.821 bits per heavy atom. The van der Waals surface area contributed by atoms with Gasteiger partial charge in [-0.3, -0.25) is 9.69 Å². The summed E-state index contributed by atoms with van der Waals surface area (Å²) in [5.74, 6) is -0.355. The van der Waals surface area contributed by atoms with E-state index in [-0.39, 0.29) is 11.8 Å². The summed E-state index contributed by atoms with van der Waals surface area (Å²) in [6, 6.07) is 29.9. The molecule has 4 aromatic rings. The van der Waals surface area contributed by atoms with Gasteiger partial charge in [-0.1, -0.05) is 91.0 Å². The van der Waals surface area contributed by atoms with Gasteiger partial charge >= 0.3 is 0 Å². The first-order valence-corrected chi connectivity index (χ1v) is 10.1. The zero-order chi connectivity index (χ0) is 19.2. The fraction of sp³-hybridized carbons (Fsp3) is 0.0833. The zero-order valence-corrected chi connectivity index (χ0v) is 16.1. The molecule has 1 aromatic heterocycles. The molecule has 3 nitrogen and oxygen atoms in total. The van der Waals surface area contributed by atoms with Gasteiger partial charge in [-0.25, -0.2) is 4.98 Å². The van der Waals surface area contributed by atoms with Crippen molar-refractivity contribution < 1.29 is 4.79 Å². The molecular weight excluding hydrogens is 364 g/mol. The van der Waals surface area contributed by atoms with Crippen LogP contribution in [0, 0.1) is 0 Å². The SMILES string of the molecule is O=C(C(c1ccccc1)c1ccccc1)N(Cc1ccccc1)c1nccs1. The van der Waals surface area contributed by atoms with Gasteiger partial charge < -0.3 is 0 Å². The number of nitrogens with zero attached hydrogens (tertiary/aromatic N) is 2. The monoisotopic (exact) mass is 384 g/mol. The van der Waals surface area contributed by atoms with Crippen molar-refractivity contribution >= 4 is 22.4 Å². The summed E-state index contributed by atoms with van der Waals surface area (Å²) in [6.45, 7) is 0.489. The van der Waals surface area contributed by atoms with Crippen LogP contribution in [0.15, 0.2) is 103 Å². The molecule has 0 unspecified atom stereocenters. The summed E-state index contributed by atoms with van der Waals surface area (Å²) >= 11 is 1.48. The van der Waals surface area contributed by atoms with Gasteiger partial charge in [0.25, 0.3) is 0 Å². The van der Waals surface area contributed by atoms with E-state index in [2.05, 4.69) is 4.98 Å². The summed E-state index contributed by atoms with van der Waals surface area (Å²) in [5, 5.41) is 2.62. The minimum absolute atomic E-state index is 0.0243. The molecule has 0 fully saturated rings.